The molecule has 0 radical (unpaired) electrons. The van der Waals surface area contributed by atoms with E-state index in [9.17, 15) is 4.79 Å². The number of ether oxygens (including phenoxy) is 3. The monoisotopic (exact) mass is 368 g/mol. The zero-order chi connectivity index (χ0) is 14.7. The summed E-state index contributed by atoms with van der Waals surface area (Å²) in [5.41, 5.74) is 0.860. The number of hydrogen-bond acceptors (Lipinski definition) is 5. The Morgan fingerprint density at radius 1 is 1.29 bits per heavy atom. The van der Waals surface area contributed by atoms with Crippen LogP contribution in [0.3, 0.4) is 0 Å². The van der Waals surface area contributed by atoms with Gasteiger partial charge in [0.15, 0.2) is 11.5 Å². The minimum Gasteiger partial charge on any atom is -0.486 e. The molecule has 1 aromatic carbocycles. The van der Waals surface area contributed by atoms with Crippen LogP contribution in [-0.4, -0.2) is 19.2 Å². The van der Waals surface area contributed by atoms with Gasteiger partial charge in [-0.15, -0.1) is 11.3 Å². The number of thiophene rings is 1. The Morgan fingerprint density at radius 3 is 2.76 bits per heavy atom. The molecule has 2 aromatic rings. The number of esters is 1. The maximum Gasteiger partial charge on any atom is 0.311 e. The summed E-state index contributed by atoms with van der Waals surface area (Å²) in [5, 5.41) is 1.94. The van der Waals surface area contributed by atoms with Crippen molar-refractivity contribution in [3.8, 4) is 11.5 Å². The van der Waals surface area contributed by atoms with E-state index in [1.165, 1.54) is 0 Å². The molecule has 0 amide bonds. The quantitative estimate of drug-likeness (QED) is 0.773. The van der Waals surface area contributed by atoms with Gasteiger partial charge in [0, 0.05) is 14.9 Å². The van der Waals surface area contributed by atoms with Crippen molar-refractivity contribution in [3.63, 3.8) is 0 Å². The minimum atomic E-state index is -0.237. The molecule has 0 saturated carbocycles. The summed E-state index contributed by atoms with van der Waals surface area (Å²) in [6.07, 6.45) is 0.305. The smallest absolute Gasteiger partial charge is 0.311 e. The SMILES string of the molecule is O=C(Cc1cccs1)OCc1cc2c(cc1Br)OCCO2. The average Bonchev–Trinajstić information content (AvgIpc) is 2.98. The maximum absolute atomic E-state index is 11.8. The van der Waals surface area contributed by atoms with Gasteiger partial charge in [-0.1, -0.05) is 22.0 Å². The van der Waals surface area contributed by atoms with Crippen molar-refractivity contribution in [1.29, 1.82) is 0 Å². The molecule has 0 atom stereocenters. The molecule has 0 N–H and O–H groups in total. The Kier molecular flexibility index (Phi) is 4.45. The van der Waals surface area contributed by atoms with Gasteiger partial charge in [0.25, 0.3) is 0 Å². The molecule has 1 aliphatic heterocycles. The second kappa shape index (κ2) is 6.49. The van der Waals surface area contributed by atoms with Crippen LogP contribution < -0.4 is 9.47 Å². The van der Waals surface area contributed by atoms with Crippen molar-refractivity contribution in [2.45, 2.75) is 13.0 Å². The third-order valence-corrected chi connectivity index (χ3v) is 4.61. The van der Waals surface area contributed by atoms with Crippen molar-refractivity contribution in [1.82, 2.24) is 0 Å². The zero-order valence-electron chi connectivity index (χ0n) is 11.1. The largest absolute Gasteiger partial charge is 0.486 e. The van der Waals surface area contributed by atoms with Crippen LogP contribution in [0.4, 0.5) is 0 Å². The van der Waals surface area contributed by atoms with E-state index in [0.717, 1.165) is 14.9 Å². The molecule has 0 fully saturated rings. The van der Waals surface area contributed by atoms with Gasteiger partial charge in [-0.05, 0) is 23.6 Å². The van der Waals surface area contributed by atoms with E-state index in [1.54, 1.807) is 11.3 Å². The van der Waals surface area contributed by atoms with Gasteiger partial charge >= 0.3 is 5.97 Å². The molecule has 0 spiro atoms. The summed E-state index contributed by atoms with van der Waals surface area (Å²) in [6, 6.07) is 7.53. The zero-order valence-corrected chi connectivity index (χ0v) is 13.5. The number of fused-ring (bicyclic) bond motifs is 1. The first kappa shape index (κ1) is 14.4. The molecule has 3 rings (SSSR count). The highest BCUT2D eigenvalue weighted by molar-refractivity contribution is 9.10. The molecule has 4 nitrogen and oxygen atoms in total. The van der Waals surface area contributed by atoms with Gasteiger partial charge in [0.1, 0.15) is 19.8 Å². The Bertz CT molecular complexity index is 639. The van der Waals surface area contributed by atoms with Gasteiger partial charge in [0.05, 0.1) is 6.42 Å². The van der Waals surface area contributed by atoms with E-state index < -0.39 is 0 Å². The van der Waals surface area contributed by atoms with Crippen molar-refractivity contribution in [3.05, 3.63) is 44.6 Å². The standard InChI is InChI=1S/C15H13BrO4S/c16-12-8-14-13(18-3-4-19-14)6-10(12)9-20-15(17)7-11-2-1-5-21-11/h1-2,5-6,8H,3-4,7,9H2. The fraction of sp³-hybridized carbons (Fsp3) is 0.267. The topological polar surface area (TPSA) is 44.8 Å². The van der Waals surface area contributed by atoms with E-state index in [4.69, 9.17) is 14.2 Å². The van der Waals surface area contributed by atoms with Crippen molar-refractivity contribution in [2.24, 2.45) is 0 Å². The molecule has 0 bridgehead atoms. The minimum absolute atomic E-state index is 0.210. The second-order valence-electron chi connectivity index (χ2n) is 4.50. The van der Waals surface area contributed by atoms with Crippen LogP contribution in [0.2, 0.25) is 0 Å². The summed E-state index contributed by atoms with van der Waals surface area (Å²) < 4.78 is 17.2. The lowest BCUT2D eigenvalue weighted by atomic mass is 10.2. The molecule has 0 aliphatic carbocycles. The second-order valence-corrected chi connectivity index (χ2v) is 6.39. The fourth-order valence-corrected chi connectivity index (χ4v) is 3.11. The lowest BCUT2D eigenvalue weighted by Crippen LogP contribution is -2.16. The van der Waals surface area contributed by atoms with Gasteiger partial charge in [-0.25, -0.2) is 0 Å². The van der Waals surface area contributed by atoms with Crippen LogP contribution in [0.15, 0.2) is 34.1 Å². The van der Waals surface area contributed by atoms with Gasteiger partial charge < -0.3 is 14.2 Å². The average molecular weight is 369 g/mol. The molecule has 6 heteroatoms. The van der Waals surface area contributed by atoms with Crippen LogP contribution >= 0.6 is 27.3 Å². The van der Waals surface area contributed by atoms with Crippen LogP contribution in [0.5, 0.6) is 11.5 Å². The fourth-order valence-electron chi connectivity index (χ4n) is 1.98. The van der Waals surface area contributed by atoms with Crippen molar-refractivity contribution in [2.75, 3.05) is 13.2 Å². The number of carbonyl (C=O) groups is 1. The normalized spacial score (nSPS) is 13.0. The lowest BCUT2D eigenvalue weighted by molar-refractivity contribution is -0.144. The highest BCUT2D eigenvalue weighted by atomic mass is 79.9. The molecular weight excluding hydrogens is 356 g/mol. The Labute approximate surface area is 134 Å². The number of rotatable bonds is 4. The van der Waals surface area contributed by atoms with Crippen LogP contribution in [0, 0.1) is 0 Å². The summed E-state index contributed by atoms with van der Waals surface area (Å²) in [4.78, 5) is 12.8. The van der Waals surface area contributed by atoms with Crippen molar-refractivity contribution >= 4 is 33.2 Å². The highest BCUT2D eigenvalue weighted by Gasteiger charge is 2.16. The molecule has 21 heavy (non-hydrogen) atoms. The Morgan fingerprint density at radius 2 is 2.05 bits per heavy atom. The summed E-state index contributed by atoms with van der Waals surface area (Å²) in [6.45, 7) is 1.29. The first-order valence-electron chi connectivity index (χ1n) is 6.48. The van der Waals surface area contributed by atoms with Gasteiger partial charge in [0.2, 0.25) is 0 Å². The molecule has 1 aromatic heterocycles. The van der Waals surface area contributed by atoms with E-state index in [1.807, 2.05) is 29.6 Å². The van der Waals surface area contributed by atoms with E-state index in [-0.39, 0.29) is 12.6 Å². The van der Waals surface area contributed by atoms with Gasteiger partial charge in [-0.2, -0.15) is 0 Å². The number of benzene rings is 1. The maximum atomic E-state index is 11.8. The van der Waals surface area contributed by atoms with Crippen molar-refractivity contribution < 1.29 is 19.0 Å². The number of hydrogen-bond donors (Lipinski definition) is 0. The summed E-state index contributed by atoms with van der Waals surface area (Å²) in [5.74, 6) is 1.16. The summed E-state index contributed by atoms with van der Waals surface area (Å²) >= 11 is 5.01. The number of carbonyl (C=O) groups excluding carboxylic acids is 1. The lowest BCUT2D eigenvalue weighted by Gasteiger charge is -2.19. The molecule has 0 saturated heterocycles. The Hall–Kier alpha value is -1.53. The van der Waals surface area contributed by atoms with Crippen LogP contribution in [0.25, 0.3) is 0 Å². The Balaban J connectivity index is 1.63. The molecule has 0 unspecified atom stereocenters. The highest BCUT2D eigenvalue weighted by Crippen LogP contribution is 2.35. The molecular formula is C15H13BrO4S. The first-order valence-corrected chi connectivity index (χ1v) is 8.15. The van der Waals surface area contributed by atoms with Gasteiger partial charge in [-0.3, -0.25) is 4.79 Å². The predicted octanol–water partition coefficient (Wildman–Crippen LogP) is 3.57. The van der Waals surface area contributed by atoms with E-state index >= 15 is 0 Å². The first-order chi connectivity index (χ1) is 10.2. The van der Waals surface area contributed by atoms with Crippen LogP contribution in [0.1, 0.15) is 10.4 Å². The predicted molar refractivity (Wildman–Crippen MR) is 83.0 cm³/mol. The molecule has 1 aliphatic rings. The molecule has 110 valence electrons. The third kappa shape index (κ3) is 3.57. The molecule has 2 heterocycles. The van der Waals surface area contributed by atoms with E-state index in [0.29, 0.717) is 31.1 Å². The summed E-state index contributed by atoms with van der Waals surface area (Å²) in [7, 11) is 0. The number of halogens is 1. The van der Waals surface area contributed by atoms with Crippen LogP contribution in [-0.2, 0) is 22.6 Å². The third-order valence-electron chi connectivity index (χ3n) is 3.00. The van der Waals surface area contributed by atoms with E-state index in [2.05, 4.69) is 15.9 Å².